The smallest absolute Gasteiger partial charge is 0.0996 e. The van der Waals surface area contributed by atoms with E-state index in [2.05, 4.69) is 0 Å². The lowest BCUT2D eigenvalue weighted by Gasteiger charge is -2.23. The second kappa shape index (κ2) is 3.12. The molecule has 1 aromatic rings. The Labute approximate surface area is 82.5 Å². The third kappa shape index (κ3) is 1.22. The number of aryl methyl sites for hydroxylation is 1. The summed E-state index contributed by atoms with van der Waals surface area (Å²) < 4.78 is 0. The number of anilines is 1. The van der Waals surface area contributed by atoms with E-state index in [0.29, 0.717) is 16.8 Å². The maximum atomic E-state index is 9.71. The summed E-state index contributed by atoms with van der Waals surface area (Å²) >= 11 is 0. The molecule has 0 heterocycles. The maximum Gasteiger partial charge on any atom is 0.0996 e. The van der Waals surface area contributed by atoms with Crippen molar-refractivity contribution in [3.8, 4) is 0 Å². The van der Waals surface area contributed by atoms with Gasteiger partial charge in [0.05, 0.1) is 12.2 Å². The van der Waals surface area contributed by atoms with Crippen LogP contribution in [0, 0.1) is 6.92 Å². The Kier molecular flexibility index (Phi) is 2.06. The third-order valence-corrected chi connectivity index (χ3v) is 2.63. The van der Waals surface area contributed by atoms with Gasteiger partial charge in [0.1, 0.15) is 0 Å². The number of nitrogens with two attached hydrogens (primary N) is 1. The molecular formula is C11H13NO2. The molecule has 0 saturated carbocycles. The average Bonchev–Trinajstić information content (AvgIpc) is 2.16. The van der Waals surface area contributed by atoms with Gasteiger partial charge in [-0.1, -0.05) is 24.3 Å². The van der Waals surface area contributed by atoms with E-state index >= 15 is 0 Å². The standard InChI is InChI=1S/C11H13NO2/c1-6-2-3-7-8(13)4-5-9(14)10(7)11(6)12/h2-5,8-9,13-14H,12H2,1H3. The summed E-state index contributed by atoms with van der Waals surface area (Å²) in [5, 5.41) is 19.3. The third-order valence-electron chi connectivity index (χ3n) is 2.63. The quantitative estimate of drug-likeness (QED) is 0.426. The van der Waals surface area contributed by atoms with Gasteiger partial charge in [0.25, 0.3) is 0 Å². The summed E-state index contributed by atoms with van der Waals surface area (Å²) in [4.78, 5) is 0. The number of hydrogen-bond donors (Lipinski definition) is 3. The molecule has 0 spiro atoms. The fourth-order valence-corrected chi connectivity index (χ4v) is 1.76. The zero-order valence-electron chi connectivity index (χ0n) is 7.94. The lowest BCUT2D eigenvalue weighted by atomic mass is 9.89. The molecule has 4 N–H and O–H groups in total. The van der Waals surface area contributed by atoms with Crippen LogP contribution in [-0.4, -0.2) is 10.2 Å². The molecule has 2 atom stereocenters. The highest BCUT2D eigenvalue weighted by atomic mass is 16.3. The molecule has 0 aromatic heterocycles. The molecule has 2 rings (SSSR count). The number of benzene rings is 1. The van der Waals surface area contributed by atoms with Crippen molar-refractivity contribution in [1.29, 1.82) is 0 Å². The lowest BCUT2D eigenvalue weighted by molar-refractivity contribution is 0.189. The Hall–Kier alpha value is -1.32. The molecule has 1 aromatic carbocycles. The zero-order valence-corrected chi connectivity index (χ0v) is 7.94. The fourth-order valence-electron chi connectivity index (χ4n) is 1.76. The monoisotopic (exact) mass is 191 g/mol. The van der Waals surface area contributed by atoms with Crippen LogP contribution in [0.3, 0.4) is 0 Å². The Morgan fingerprint density at radius 1 is 1.14 bits per heavy atom. The van der Waals surface area contributed by atoms with Crippen LogP contribution >= 0.6 is 0 Å². The molecule has 0 saturated heterocycles. The predicted molar refractivity (Wildman–Crippen MR) is 54.7 cm³/mol. The van der Waals surface area contributed by atoms with Gasteiger partial charge in [-0.05, 0) is 18.1 Å². The number of fused-ring (bicyclic) bond motifs is 1. The number of hydrogen-bond acceptors (Lipinski definition) is 3. The van der Waals surface area contributed by atoms with Crippen molar-refractivity contribution in [3.63, 3.8) is 0 Å². The minimum Gasteiger partial charge on any atom is -0.398 e. The van der Waals surface area contributed by atoms with Gasteiger partial charge in [-0.25, -0.2) is 0 Å². The minimum absolute atomic E-state index is 0.568. The van der Waals surface area contributed by atoms with E-state index in [1.807, 2.05) is 13.0 Å². The van der Waals surface area contributed by atoms with Gasteiger partial charge in [-0.2, -0.15) is 0 Å². The van der Waals surface area contributed by atoms with E-state index in [-0.39, 0.29) is 0 Å². The molecule has 2 unspecified atom stereocenters. The van der Waals surface area contributed by atoms with Crippen LogP contribution in [0.4, 0.5) is 5.69 Å². The molecule has 0 aliphatic heterocycles. The first kappa shape index (κ1) is 9.24. The Morgan fingerprint density at radius 2 is 1.79 bits per heavy atom. The van der Waals surface area contributed by atoms with Gasteiger partial charge >= 0.3 is 0 Å². The molecule has 3 nitrogen and oxygen atoms in total. The van der Waals surface area contributed by atoms with Crippen molar-refractivity contribution >= 4 is 5.69 Å². The van der Waals surface area contributed by atoms with Crippen molar-refractivity contribution in [2.75, 3.05) is 5.73 Å². The van der Waals surface area contributed by atoms with Crippen LogP contribution < -0.4 is 5.73 Å². The molecule has 1 aliphatic rings. The van der Waals surface area contributed by atoms with Gasteiger partial charge in [0, 0.05) is 11.3 Å². The number of aliphatic hydroxyl groups excluding tert-OH is 2. The van der Waals surface area contributed by atoms with E-state index in [4.69, 9.17) is 5.73 Å². The zero-order chi connectivity index (χ0) is 10.3. The first-order chi connectivity index (χ1) is 6.61. The van der Waals surface area contributed by atoms with Crippen LogP contribution in [0.15, 0.2) is 24.3 Å². The maximum absolute atomic E-state index is 9.71. The Morgan fingerprint density at radius 3 is 2.50 bits per heavy atom. The van der Waals surface area contributed by atoms with Gasteiger partial charge in [0.2, 0.25) is 0 Å². The van der Waals surface area contributed by atoms with Crippen molar-refractivity contribution in [3.05, 3.63) is 41.0 Å². The van der Waals surface area contributed by atoms with Gasteiger partial charge in [-0.15, -0.1) is 0 Å². The van der Waals surface area contributed by atoms with Crippen molar-refractivity contribution in [2.24, 2.45) is 0 Å². The molecular weight excluding hydrogens is 178 g/mol. The number of nitrogen functional groups attached to an aromatic ring is 1. The molecule has 0 bridgehead atoms. The van der Waals surface area contributed by atoms with Crippen LogP contribution in [0.1, 0.15) is 28.9 Å². The highest BCUT2D eigenvalue weighted by molar-refractivity contribution is 5.60. The minimum atomic E-state index is -0.701. The fraction of sp³-hybridized carbons (Fsp3) is 0.273. The molecule has 74 valence electrons. The summed E-state index contributed by atoms with van der Waals surface area (Å²) in [5.74, 6) is 0. The number of aliphatic hydroxyl groups is 2. The SMILES string of the molecule is Cc1ccc2c(c1N)C(O)C=CC2O. The van der Waals surface area contributed by atoms with E-state index in [0.717, 1.165) is 5.56 Å². The van der Waals surface area contributed by atoms with Crippen molar-refractivity contribution < 1.29 is 10.2 Å². The highest BCUT2D eigenvalue weighted by Crippen LogP contribution is 2.36. The number of rotatable bonds is 0. The van der Waals surface area contributed by atoms with Crippen LogP contribution in [0.25, 0.3) is 0 Å². The van der Waals surface area contributed by atoms with E-state index in [1.54, 1.807) is 18.2 Å². The van der Waals surface area contributed by atoms with Crippen molar-refractivity contribution in [1.82, 2.24) is 0 Å². The van der Waals surface area contributed by atoms with Crippen LogP contribution in [0.5, 0.6) is 0 Å². The second-order valence-corrected chi connectivity index (χ2v) is 3.57. The van der Waals surface area contributed by atoms with Gasteiger partial charge < -0.3 is 15.9 Å². The van der Waals surface area contributed by atoms with Crippen LogP contribution in [0.2, 0.25) is 0 Å². The average molecular weight is 191 g/mol. The largest absolute Gasteiger partial charge is 0.398 e. The highest BCUT2D eigenvalue weighted by Gasteiger charge is 2.22. The molecule has 0 radical (unpaired) electrons. The Bertz CT molecular complexity index is 399. The summed E-state index contributed by atoms with van der Waals surface area (Å²) in [6.45, 7) is 1.88. The molecule has 0 amide bonds. The summed E-state index contributed by atoms with van der Waals surface area (Å²) in [5.41, 5.74) is 8.68. The molecule has 14 heavy (non-hydrogen) atoms. The predicted octanol–water partition coefficient (Wildman–Crippen LogP) is 1.21. The molecule has 0 fully saturated rings. The first-order valence-electron chi connectivity index (χ1n) is 4.54. The lowest BCUT2D eigenvalue weighted by Crippen LogP contribution is -2.12. The molecule has 1 aliphatic carbocycles. The molecule has 3 heteroatoms. The Balaban J connectivity index is 2.66. The van der Waals surface area contributed by atoms with Crippen LogP contribution in [-0.2, 0) is 0 Å². The summed E-state index contributed by atoms with van der Waals surface area (Å²) in [6.07, 6.45) is 1.77. The van der Waals surface area contributed by atoms with E-state index < -0.39 is 12.2 Å². The summed E-state index contributed by atoms with van der Waals surface area (Å²) in [6, 6.07) is 3.65. The van der Waals surface area contributed by atoms with Gasteiger partial charge in [0.15, 0.2) is 0 Å². The topological polar surface area (TPSA) is 66.5 Å². The summed E-state index contributed by atoms with van der Waals surface area (Å²) in [7, 11) is 0. The van der Waals surface area contributed by atoms with Gasteiger partial charge in [-0.3, -0.25) is 0 Å². The van der Waals surface area contributed by atoms with E-state index in [9.17, 15) is 10.2 Å². The first-order valence-corrected chi connectivity index (χ1v) is 4.54. The van der Waals surface area contributed by atoms with Crippen molar-refractivity contribution in [2.45, 2.75) is 19.1 Å². The second-order valence-electron chi connectivity index (χ2n) is 3.57. The van der Waals surface area contributed by atoms with E-state index in [1.165, 1.54) is 0 Å². The normalized spacial score (nSPS) is 24.8.